The highest BCUT2D eigenvalue weighted by Crippen LogP contribution is 2.17. The SMILES string of the molecule is CCOc1ccc(S(=O)(=O)N[C@@H](Cc2ccccc2)C(=O)NCCc2ccc(OC)cc2)cc1. The maximum Gasteiger partial charge on any atom is 0.241 e. The number of carbonyl (C=O) groups excluding carboxylic acids is 1. The number of nitrogens with one attached hydrogen (secondary N) is 2. The fraction of sp³-hybridized carbons (Fsp3) is 0.269. The number of sulfonamides is 1. The van der Waals surface area contributed by atoms with E-state index >= 15 is 0 Å². The first-order valence-electron chi connectivity index (χ1n) is 11.1. The van der Waals surface area contributed by atoms with Gasteiger partial charge in [0.2, 0.25) is 15.9 Å². The van der Waals surface area contributed by atoms with Crippen LogP contribution in [0.4, 0.5) is 0 Å². The lowest BCUT2D eigenvalue weighted by Crippen LogP contribution is -2.48. The van der Waals surface area contributed by atoms with Gasteiger partial charge in [-0.2, -0.15) is 4.72 Å². The standard InChI is InChI=1S/C26H30N2O5S/c1-3-33-23-13-15-24(16-14-23)34(30,31)28-25(19-21-7-5-4-6-8-21)26(29)27-18-17-20-9-11-22(32-2)12-10-20/h4-16,25,28H,3,17-19H2,1-2H3,(H,27,29)/t25-/m0/s1. The third kappa shape index (κ3) is 7.33. The molecule has 0 fully saturated rings. The molecule has 1 amide bonds. The van der Waals surface area contributed by atoms with Crippen molar-refractivity contribution in [3.8, 4) is 11.5 Å². The Bertz CT molecular complexity index is 1150. The van der Waals surface area contributed by atoms with E-state index in [4.69, 9.17) is 9.47 Å². The van der Waals surface area contributed by atoms with Gasteiger partial charge in [0, 0.05) is 6.54 Å². The monoisotopic (exact) mass is 482 g/mol. The maximum absolute atomic E-state index is 13.0. The molecule has 3 rings (SSSR count). The Kier molecular flexibility index (Phi) is 9.07. The van der Waals surface area contributed by atoms with Crippen LogP contribution in [0.2, 0.25) is 0 Å². The summed E-state index contributed by atoms with van der Waals surface area (Å²) in [4.78, 5) is 13.1. The predicted octanol–water partition coefficient (Wildman–Crippen LogP) is 3.34. The van der Waals surface area contributed by atoms with Gasteiger partial charge in [0.15, 0.2) is 0 Å². The fourth-order valence-corrected chi connectivity index (χ4v) is 4.62. The van der Waals surface area contributed by atoms with E-state index in [9.17, 15) is 13.2 Å². The van der Waals surface area contributed by atoms with Crippen LogP contribution in [0.5, 0.6) is 11.5 Å². The smallest absolute Gasteiger partial charge is 0.241 e. The number of amides is 1. The molecule has 2 N–H and O–H groups in total. The lowest BCUT2D eigenvalue weighted by molar-refractivity contribution is -0.122. The van der Waals surface area contributed by atoms with Crippen molar-refractivity contribution in [1.29, 1.82) is 0 Å². The zero-order valence-electron chi connectivity index (χ0n) is 19.4. The van der Waals surface area contributed by atoms with Crippen molar-refractivity contribution in [2.24, 2.45) is 0 Å². The van der Waals surface area contributed by atoms with E-state index in [0.29, 0.717) is 25.3 Å². The molecule has 0 aliphatic carbocycles. The van der Waals surface area contributed by atoms with Gasteiger partial charge in [0.05, 0.1) is 18.6 Å². The van der Waals surface area contributed by atoms with Crippen LogP contribution in [0.25, 0.3) is 0 Å². The summed E-state index contributed by atoms with van der Waals surface area (Å²) in [6.07, 6.45) is 0.838. The van der Waals surface area contributed by atoms with Gasteiger partial charge in [0.25, 0.3) is 0 Å². The zero-order chi connectivity index (χ0) is 24.4. The molecule has 0 bridgehead atoms. The van der Waals surface area contributed by atoms with Crippen molar-refractivity contribution < 1.29 is 22.7 Å². The van der Waals surface area contributed by atoms with E-state index < -0.39 is 16.1 Å². The van der Waals surface area contributed by atoms with Gasteiger partial charge in [-0.15, -0.1) is 0 Å². The maximum atomic E-state index is 13.0. The summed E-state index contributed by atoms with van der Waals surface area (Å²) in [6.45, 7) is 2.72. The van der Waals surface area contributed by atoms with Gasteiger partial charge < -0.3 is 14.8 Å². The summed E-state index contributed by atoms with van der Waals surface area (Å²) in [5.41, 5.74) is 1.89. The first kappa shape index (κ1) is 25.3. The molecule has 0 unspecified atom stereocenters. The summed E-state index contributed by atoms with van der Waals surface area (Å²) >= 11 is 0. The van der Waals surface area contributed by atoms with Crippen molar-refractivity contribution in [1.82, 2.24) is 10.0 Å². The van der Waals surface area contributed by atoms with Gasteiger partial charge in [-0.05, 0) is 67.3 Å². The molecule has 0 aromatic heterocycles. The quantitative estimate of drug-likeness (QED) is 0.413. The van der Waals surface area contributed by atoms with Crippen LogP contribution in [0.3, 0.4) is 0 Å². The minimum Gasteiger partial charge on any atom is -0.497 e. The summed E-state index contributed by atoms with van der Waals surface area (Å²) < 4.78 is 39.2. The van der Waals surface area contributed by atoms with Crippen molar-refractivity contribution >= 4 is 15.9 Å². The lowest BCUT2D eigenvalue weighted by Gasteiger charge is -2.19. The van der Waals surface area contributed by atoms with Gasteiger partial charge in [-0.3, -0.25) is 4.79 Å². The number of rotatable bonds is 12. The number of hydrogen-bond acceptors (Lipinski definition) is 5. The van der Waals surface area contributed by atoms with E-state index in [2.05, 4.69) is 10.0 Å². The second-order valence-electron chi connectivity index (χ2n) is 7.66. The first-order chi connectivity index (χ1) is 16.4. The number of hydrogen-bond donors (Lipinski definition) is 2. The average molecular weight is 483 g/mol. The molecule has 34 heavy (non-hydrogen) atoms. The molecule has 0 spiro atoms. The predicted molar refractivity (Wildman–Crippen MR) is 132 cm³/mol. The van der Waals surface area contributed by atoms with Crippen molar-refractivity contribution in [3.63, 3.8) is 0 Å². The summed E-state index contributed by atoms with van der Waals surface area (Å²) in [5, 5.41) is 2.86. The Morgan fingerprint density at radius 3 is 2.15 bits per heavy atom. The van der Waals surface area contributed by atoms with Crippen LogP contribution in [-0.4, -0.2) is 40.6 Å². The van der Waals surface area contributed by atoms with E-state index in [-0.39, 0.29) is 17.2 Å². The van der Waals surface area contributed by atoms with Crippen LogP contribution in [-0.2, 0) is 27.7 Å². The van der Waals surface area contributed by atoms with Crippen LogP contribution < -0.4 is 19.5 Å². The molecule has 0 aliphatic rings. The minimum absolute atomic E-state index is 0.0695. The molecule has 8 heteroatoms. The number of benzene rings is 3. The second kappa shape index (κ2) is 12.2. The molecule has 0 saturated heterocycles. The fourth-order valence-electron chi connectivity index (χ4n) is 3.42. The molecule has 0 heterocycles. The van der Waals surface area contributed by atoms with E-state index in [1.165, 1.54) is 12.1 Å². The van der Waals surface area contributed by atoms with Crippen molar-refractivity contribution in [2.75, 3.05) is 20.3 Å². The highest BCUT2D eigenvalue weighted by atomic mass is 32.2. The number of carbonyl (C=O) groups is 1. The molecule has 180 valence electrons. The van der Waals surface area contributed by atoms with E-state index in [0.717, 1.165) is 16.9 Å². The molecule has 7 nitrogen and oxygen atoms in total. The third-order valence-corrected chi connectivity index (χ3v) is 6.70. The second-order valence-corrected chi connectivity index (χ2v) is 9.37. The van der Waals surface area contributed by atoms with Crippen LogP contribution >= 0.6 is 0 Å². The number of methoxy groups -OCH3 is 1. The van der Waals surface area contributed by atoms with Gasteiger partial charge >= 0.3 is 0 Å². The molecule has 0 radical (unpaired) electrons. The topological polar surface area (TPSA) is 93.7 Å². The molecule has 3 aromatic rings. The Labute approximate surface area is 201 Å². The Morgan fingerprint density at radius 1 is 0.882 bits per heavy atom. The molecular weight excluding hydrogens is 452 g/mol. The Balaban J connectivity index is 1.69. The van der Waals surface area contributed by atoms with Crippen molar-refractivity contribution in [2.45, 2.75) is 30.7 Å². The van der Waals surface area contributed by atoms with Crippen LogP contribution in [0.15, 0.2) is 83.8 Å². The summed E-state index contributed by atoms with van der Waals surface area (Å²) in [6, 6.07) is 22.1. The van der Waals surface area contributed by atoms with Gasteiger partial charge in [-0.1, -0.05) is 42.5 Å². The minimum atomic E-state index is -3.92. The lowest BCUT2D eigenvalue weighted by atomic mass is 10.1. The van der Waals surface area contributed by atoms with Gasteiger partial charge in [0.1, 0.15) is 17.5 Å². The molecule has 0 aliphatic heterocycles. The largest absolute Gasteiger partial charge is 0.497 e. The first-order valence-corrected chi connectivity index (χ1v) is 12.6. The normalized spacial score (nSPS) is 12.1. The van der Waals surface area contributed by atoms with Crippen molar-refractivity contribution in [3.05, 3.63) is 90.0 Å². The Morgan fingerprint density at radius 2 is 1.53 bits per heavy atom. The van der Waals surface area contributed by atoms with Gasteiger partial charge in [-0.25, -0.2) is 8.42 Å². The highest BCUT2D eigenvalue weighted by Gasteiger charge is 2.26. The molecule has 1 atom stereocenters. The average Bonchev–Trinajstić information content (AvgIpc) is 2.85. The molecule has 0 saturated carbocycles. The summed E-state index contributed by atoms with van der Waals surface area (Å²) in [7, 11) is -2.31. The van der Waals surface area contributed by atoms with Crippen LogP contribution in [0.1, 0.15) is 18.1 Å². The molecular formula is C26H30N2O5S. The Hall–Kier alpha value is -3.36. The summed E-state index contributed by atoms with van der Waals surface area (Å²) in [5.74, 6) is 0.963. The number of ether oxygens (including phenoxy) is 2. The zero-order valence-corrected chi connectivity index (χ0v) is 20.2. The third-order valence-electron chi connectivity index (χ3n) is 5.21. The van der Waals surface area contributed by atoms with E-state index in [1.807, 2.05) is 61.5 Å². The molecule has 3 aromatic carbocycles. The van der Waals surface area contributed by atoms with E-state index in [1.54, 1.807) is 19.2 Å². The van der Waals surface area contributed by atoms with Crippen LogP contribution in [0, 0.1) is 0 Å². The highest BCUT2D eigenvalue weighted by molar-refractivity contribution is 7.89.